The molecule has 2 aliphatic rings. The van der Waals surface area contributed by atoms with Gasteiger partial charge in [0.2, 0.25) is 11.8 Å². The molecule has 0 saturated carbocycles. The monoisotopic (exact) mass is 394 g/mol. The van der Waals surface area contributed by atoms with Gasteiger partial charge in [0, 0.05) is 36.3 Å². The van der Waals surface area contributed by atoms with Gasteiger partial charge in [0.1, 0.15) is 0 Å². The van der Waals surface area contributed by atoms with Crippen LogP contribution in [0.3, 0.4) is 0 Å². The van der Waals surface area contributed by atoms with E-state index in [2.05, 4.69) is 52.2 Å². The van der Waals surface area contributed by atoms with Gasteiger partial charge in [0.05, 0.1) is 11.1 Å². The number of nitrogens with zero attached hydrogens (tertiary/aromatic N) is 2. The van der Waals surface area contributed by atoms with Gasteiger partial charge in [-0.05, 0) is 82.1 Å². The lowest BCUT2D eigenvalue weighted by molar-refractivity contribution is -0.142. The minimum absolute atomic E-state index is 0.109. The molecular weight excluding hydrogens is 352 g/mol. The lowest BCUT2D eigenvalue weighted by Gasteiger charge is -2.37. The molecule has 2 amide bonds. The van der Waals surface area contributed by atoms with E-state index in [4.69, 9.17) is 0 Å². The second kappa shape index (κ2) is 7.28. The van der Waals surface area contributed by atoms with Crippen LogP contribution in [-0.4, -0.2) is 68.9 Å². The second-order valence-electron chi connectivity index (χ2n) is 11.4. The van der Waals surface area contributed by atoms with E-state index < -0.39 is 11.1 Å². The standard InChI is InChI=1S/C22H42N4O2/c1-15-13-19(3,4)23-21(7,8)17(27)25(15)11-12-26-16(2)14-20(5,6)24-22(9,10)18(26)28/h15-16,23-24H,11-14H2,1-10H3/t15-,16-/m1/s1. The first-order chi connectivity index (χ1) is 12.5. The van der Waals surface area contributed by atoms with Crippen molar-refractivity contribution in [2.45, 2.75) is 116 Å². The highest BCUT2D eigenvalue weighted by molar-refractivity contribution is 5.87. The molecule has 28 heavy (non-hydrogen) atoms. The van der Waals surface area contributed by atoms with E-state index in [0.29, 0.717) is 13.1 Å². The molecule has 2 N–H and O–H groups in total. The molecule has 0 aromatic carbocycles. The Morgan fingerprint density at radius 2 is 1.00 bits per heavy atom. The summed E-state index contributed by atoms with van der Waals surface area (Å²) in [5, 5.41) is 7.02. The maximum Gasteiger partial charge on any atom is 0.242 e. The molecule has 2 heterocycles. The zero-order valence-corrected chi connectivity index (χ0v) is 19.7. The summed E-state index contributed by atoms with van der Waals surface area (Å²) < 4.78 is 0. The molecule has 0 radical (unpaired) electrons. The number of rotatable bonds is 3. The number of carbonyl (C=O) groups is 2. The fourth-order valence-electron chi connectivity index (χ4n) is 5.58. The van der Waals surface area contributed by atoms with E-state index in [0.717, 1.165) is 12.8 Å². The summed E-state index contributed by atoms with van der Waals surface area (Å²) in [6.07, 6.45) is 1.76. The Morgan fingerprint density at radius 1 is 0.714 bits per heavy atom. The summed E-state index contributed by atoms with van der Waals surface area (Å²) >= 11 is 0. The highest BCUT2D eigenvalue weighted by atomic mass is 16.2. The molecular formula is C22H42N4O2. The minimum atomic E-state index is -0.620. The number of amides is 2. The van der Waals surface area contributed by atoms with Crippen molar-refractivity contribution in [3.05, 3.63) is 0 Å². The Labute approximate surface area is 171 Å². The Bertz CT molecular complexity index is 570. The van der Waals surface area contributed by atoms with Gasteiger partial charge < -0.3 is 9.80 Å². The Morgan fingerprint density at radius 3 is 1.29 bits per heavy atom. The third-order valence-corrected chi connectivity index (χ3v) is 6.15. The van der Waals surface area contributed by atoms with Gasteiger partial charge in [-0.2, -0.15) is 0 Å². The fourth-order valence-corrected chi connectivity index (χ4v) is 5.58. The Balaban J connectivity index is 2.22. The summed E-state index contributed by atoms with van der Waals surface area (Å²) in [6.45, 7) is 21.8. The largest absolute Gasteiger partial charge is 0.337 e. The molecule has 2 aliphatic heterocycles. The Hall–Kier alpha value is -1.14. The predicted octanol–water partition coefficient (Wildman–Crippen LogP) is 2.52. The second-order valence-corrected chi connectivity index (χ2v) is 11.4. The third kappa shape index (κ3) is 4.88. The summed E-state index contributed by atoms with van der Waals surface area (Å²) in [5.74, 6) is 0.219. The van der Waals surface area contributed by atoms with Crippen LogP contribution in [0.25, 0.3) is 0 Å². The molecule has 2 atom stereocenters. The first-order valence-electron chi connectivity index (χ1n) is 10.7. The van der Waals surface area contributed by atoms with Crippen molar-refractivity contribution in [1.82, 2.24) is 20.4 Å². The minimum Gasteiger partial charge on any atom is -0.337 e. The van der Waals surface area contributed by atoms with Gasteiger partial charge in [0.15, 0.2) is 0 Å². The lowest BCUT2D eigenvalue weighted by atomic mass is 9.94. The molecule has 2 fully saturated rings. The summed E-state index contributed by atoms with van der Waals surface area (Å²) in [4.78, 5) is 30.4. The zero-order chi connectivity index (χ0) is 21.7. The molecule has 0 aromatic heterocycles. The van der Waals surface area contributed by atoms with E-state index >= 15 is 0 Å². The molecule has 0 spiro atoms. The zero-order valence-electron chi connectivity index (χ0n) is 19.7. The number of hydrogen-bond acceptors (Lipinski definition) is 4. The van der Waals surface area contributed by atoms with Crippen LogP contribution in [0, 0.1) is 0 Å². The molecule has 162 valence electrons. The van der Waals surface area contributed by atoms with Crippen molar-refractivity contribution in [2.75, 3.05) is 13.1 Å². The highest BCUT2D eigenvalue weighted by Crippen LogP contribution is 2.29. The van der Waals surface area contributed by atoms with Crippen LogP contribution in [0.2, 0.25) is 0 Å². The average Bonchev–Trinajstić information content (AvgIpc) is 2.54. The fraction of sp³-hybridized carbons (Fsp3) is 0.909. The van der Waals surface area contributed by atoms with Gasteiger partial charge in [-0.3, -0.25) is 20.2 Å². The van der Waals surface area contributed by atoms with E-state index in [-0.39, 0.29) is 35.0 Å². The summed E-state index contributed by atoms with van der Waals surface area (Å²) in [6, 6.07) is 0.244. The Kier molecular flexibility index (Phi) is 6.02. The normalized spacial score (nSPS) is 32.1. The van der Waals surface area contributed by atoms with Crippen LogP contribution in [0.4, 0.5) is 0 Å². The lowest BCUT2D eigenvalue weighted by Crippen LogP contribution is -2.59. The van der Waals surface area contributed by atoms with Crippen LogP contribution in [0.1, 0.15) is 82.1 Å². The van der Waals surface area contributed by atoms with Crippen molar-refractivity contribution in [3.8, 4) is 0 Å². The maximum atomic E-state index is 13.2. The van der Waals surface area contributed by atoms with E-state index in [1.165, 1.54) is 0 Å². The maximum absolute atomic E-state index is 13.2. The molecule has 2 rings (SSSR count). The van der Waals surface area contributed by atoms with Crippen molar-refractivity contribution < 1.29 is 9.59 Å². The van der Waals surface area contributed by atoms with E-state index in [1.807, 2.05) is 37.5 Å². The topological polar surface area (TPSA) is 64.7 Å². The molecule has 0 unspecified atom stereocenters. The quantitative estimate of drug-likeness (QED) is 0.772. The number of hydrogen-bond donors (Lipinski definition) is 2. The molecule has 2 saturated heterocycles. The van der Waals surface area contributed by atoms with Crippen molar-refractivity contribution >= 4 is 11.8 Å². The summed E-state index contributed by atoms with van der Waals surface area (Å²) in [5.41, 5.74) is -1.47. The van der Waals surface area contributed by atoms with Crippen LogP contribution in [-0.2, 0) is 9.59 Å². The molecule has 0 aromatic rings. The number of nitrogens with one attached hydrogen (secondary N) is 2. The van der Waals surface area contributed by atoms with Gasteiger partial charge in [-0.15, -0.1) is 0 Å². The van der Waals surface area contributed by atoms with Crippen molar-refractivity contribution in [2.24, 2.45) is 0 Å². The first-order valence-corrected chi connectivity index (χ1v) is 10.7. The van der Waals surface area contributed by atoms with Gasteiger partial charge >= 0.3 is 0 Å². The van der Waals surface area contributed by atoms with E-state index in [1.54, 1.807) is 0 Å². The molecule has 0 bridgehead atoms. The van der Waals surface area contributed by atoms with Crippen LogP contribution >= 0.6 is 0 Å². The third-order valence-electron chi connectivity index (χ3n) is 6.15. The van der Waals surface area contributed by atoms with Crippen LogP contribution < -0.4 is 10.6 Å². The van der Waals surface area contributed by atoms with E-state index in [9.17, 15) is 9.59 Å². The highest BCUT2D eigenvalue weighted by Gasteiger charge is 2.45. The predicted molar refractivity (Wildman–Crippen MR) is 114 cm³/mol. The van der Waals surface area contributed by atoms with Gasteiger partial charge in [0.25, 0.3) is 0 Å². The van der Waals surface area contributed by atoms with Crippen molar-refractivity contribution in [3.63, 3.8) is 0 Å². The van der Waals surface area contributed by atoms with Crippen LogP contribution in [0.5, 0.6) is 0 Å². The average molecular weight is 395 g/mol. The van der Waals surface area contributed by atoms with Gasteiger partial charge in [-0.25, -0.2) is 0 Å². The summed E-state index contributed by atoms with van der Waals surface area (Å²) in [7, 11) is 0. The van der Waals surface area contributed by atoms with Crippen LogP contribution in [0.15, 0.2) is 0 Å². The number of carbonyl (C=O) groups excluding carboxylic acids is 2. The molecule has 0 aliphatic carbocycles. The first kappa shape index (κ1) is 23.1. The molecule has 6 heteroatoms. The smallest absolute Gasteiger partial charge is 0.242 e. The van der Waals surface area contributed by atoms with Crippen molar-refractivity contribution in [1.29, 1.82) is 0 Å². The van der Waals surface area contributed by atoms with Gasteiger partial charge in [-0.1, -0.05) is 0 Å². The molecule has 6 nitrogen and oxygen atoms in total. The SMILES string of the molecule is C[C@@H]1CC(C)(C)NC(C)(C)C(=O)N1CCN1C(=O)C(C)(C)NC(C)(C)C[C@H]1C.